The van der Waals surface area contributed by atoms with Crippen LogP contribution >= 0.6 is 0 Å². The molecule has 1 heterocycles. The zero-order valence-electron chi connectivity index (χ0n) is 18.4. The summed E-state index contributed by atoms with van der Waals surface area (Å²) in [5.74, 6) is -0.295. The summed E-state index contributed by atoms with van der Waals surface area (Å²) >= 11 is 0. The molecule has 0 bridgehead atoms. The standard InChI is InChI=1S/C26H28FN3O3/c27-19-6-8-23-21(12-19)22-13-20(7-9-24(22)30(23)15-25(31)32)29(26(28)33)14-18-11-17(18)10-16-4-2-1-3-5-16/h1-6,8,12,17-18,20H,7,9-11,13-15H2,(H2,28,33)(H,31,32)/t17-,18-,20+/m1/s1. The summed E-state index contributed by atoms with van der Waals surface area (Å²) in [5.41, 5.74) is 9.71. The summed E-state index contributed by atoms with van der Waals surface area (Å²) < 4.78 is 15.8. The van der Waals surface area contributed by atoms with Crippen LogP contribution in [0.3, 0.4) is 0 Å². The molecule has 0 radical (unpaired) electrons. The molecule has 1 saturated carbocycles. The number of fused-ring (bicyclic) bond motifs is 3. The Morgan fingerprint density at radius 1 is 1.15 bits per heavy atom. The normalized spacial score (nSPS) is 21.5. The van der Waals surface area contributed by atoms with Crippen molar-refractivity contribution in [2.24, 2.45) is 17.6 Å². The van der Waals surface area contributed by atoms with Crippen LogP contribution in [0, 0.1) is 17.7 Å². The molecule has 0 aliphatic heterocycles. The lowest BCUT2D eigenvalue weighted by Crippen LogP contribution is -2.47. The Balaban J connectivity index is 1.36. The maximum atomic E-state index is 14.1. The number of carboxylic acids is 1. The fraction of sp³-hybridized carbons (Fsp3) is 0.385. The summed E-state index contributed by atoms with van der Waals surface area (Å²) in [4.78, 5) is 25.7. The van der Waals surface area contributed by atoms with Gasteiger partial charge in [-0.15, -0.1) is 0 Å². The van der Waals surface area contributed by atoms with Gasteiger partial charge in [-0.3, -0.25) is 4.79 Å². The highest BCUT2D eigenvalue weighted by Gasteiger charge is 2.41. The van der Waals surface area contributed by atoms with E-state index in [2.05, 4.69) is 12.1 Å². The van der Waals surface area contributed by atoms with E-state index < -0.39 is 12.0 Å². The van der Waals surface area contributed by atoms with E-state index in [0.717, 1.165) is 35.0 Å². The number of benzene rings is 2. The lowest BCUT2D eigenvalue weighted by molar-refractivity contribution is -0.137. The molecule has 6 nitrogen and oxygen atoms in total. The van der Waals surface area contributed by atoms with Gasteiger partial charge in [0.2, 0.25) is 0 Å². The highest BCUT2D eigenvalue weighted by molar-refractivity contribution is 5.87. The molecule has 7 heteroatoms. The fourth-order valence-electron chi connectivity index (χ4n) is 5.56. The Kier molecular flexibility index (Phi) is 5.56. The van der Waals surface area contributed by atoms with Crippen molar-refractivity contribution in [1.82, 2.24) is 9.47 Å². The number of aliphatic carboxylic acids is 1. The summed E-state index contributed by atoms with van der Waals surface area (Å²) in [5, 5.41) is 10.1. The molecular weight excluding hydrogens is 421 g/mol. The number of halogens is 1. The van der Waals surface area contributed by atoms with Gasteiger partial charge in [-0.25, -0.2) is 9.18 Å². The van der Waals surface area contributed by atoms with Gasteiger partial charge < -0.3 is 20.3 Å². The zero-order chi connectivity index (χ0) is 23.1. The minimum absolute atomic E-state index is 0.0693. The Morgan fingerprint density at radius 3 is 2.67 bits per heavy atom. The number of hydrogen-bond donors (Lipinski definition) is 2. The average molecular weight is 450 g/mol. The molecule has 0 saturated heterocycles. The van der Waals surface area contributed by atoms with Gasteiger partial charge >= 0.3 is 12.0 Å². The molecule has 3 aromatic rings. The quantitative estimate of drug-likeness (QED) is 0.572. The van der Waals surface area contributed by atoms with Gasteiger partial charge in [0.15, 0.2) is 0 Å². The van der Waals surface area contributed by atoms with E-state index in [1.54, 1.807) is 15.5 Å². The number of amides is 2. The second kappa shape index (κ2) is 8.54. The fourth-order valence-corrected chi connectivity index (χ4v) is 5.56. The molecule has 2 aromatic carbocycles. The predicted octanol–water partition coefficient (Wildman–Crippen LogP) is 3.98. The first-order valence-electron chi connectivity index (χ1n) is 11.5. The summed E-state index contributed by atoms with van der Waals surface area (Å²) in [6.45, 7) is 0.472. The molecule has 3 atom stereocenters. The molecule has 2 amide bonds. The van der Waals surface area contributed by atoms with E-state index in [1.165, 1.54) is 17.7 Å². The maximum Gasteiger partial charge on any atom is 0.323 e. The van der Waals surface area contributed by atoms with Crippen LogP contribution in [0.5, 0.6) is 0 Å². The number of rotatable bonds is 7. The van der Waals surface area contributed by atoms with Crippen LogP contribution in [0.2, 0.25) is 0 Å². The summed E-state index contributed by atoms with van der Waals surface area (Å²) in [6.07, 6.45) is 3.99. The van der Waals surface area contributed by atoms with E-state index in [4.69, 9.17) is 5.73 Å². The highest BCUT2D eigenvalue weighted by Crippen LogP contribution is 2.43. The molecule has 2 aliphatic rings. The van der Waals surface area contributed by atoms with Gasteiger partial charge in [0.1, 0.15) is 12.4 Å². The smallest absolute Gasteiger partial charge is 0.323 e. The van der Waals surface area contributed by atoms with Crippen LogP contribution < -0.4 is 5.73 Å². The van der Waals surface area contributed by atoms with Crippen LogP contribution in [-0.2, 0) is 30.6 Å². The monoisotopic (exact) mass is 449 g/mol. The number of hydrogen-bond acceptors (Lipinski definition) is 2. The van der Waals surface area contributed by atoms with Crippen molar-refractivity contribution in [3.05, 3.63) is 71.2 Å². The molecule has 0 spiro atoms. The average Bonchev–Trinajstić information content (AvgIpc) is 3.46. The molecule has 3 N–H and O–H groups in total. The van der Waals surface area contributed by atoms with E-state index in [-0.39, 0.29) is 18.4 Å². The molecule has 5 rings (SSSR count). The molecular formula is C26H28FN3O3. The third-order valence-electron chi connectivity index (χ3n) is 7.26. The van der Waals surface area contributed by atoms with E-state index >= 15 is 0 Å². The number of nitrogens with zero attached hydrogens (tertiary/aromatic N) is 2. The lowest BCUT2D eigenvalue weighted by Gasteiger charge is -2.34. The first-order chi connectivity index (χ1) is 15.9. The predicted molar refractivity (Wildman–Crippen MR) is 123 cm³/mol. The SMILES string of the molecule is NC(=O)N(C[C@H]1C[C@H]1Cc1ccccc1)[C@H]1CCc2c(c3cc(F)ccc3n2CC(=O)O)C1. The second-order valence-corrected chi connectivity index (χ2v) is 9.40. The van der Waals surface area contributed by atoms with Crippen LogP contribution in [0.25, 0.3) is 10.9 Å². The van der Waals surface area contributed by atoms with Crippen molar-refractivity contribution in [3.8, 4) is 0 Å². The van der Waals surface area contributed by atoms with Crippen LogP contribution in [0.4, 0.5) is 9.18 Å². The van der Waals surface area contributed by atoms with Gasteiger partial charge in [0, 0.05) is 29.2 Å². The van der Waals surface area contributed by atoms with Gasteiger partial charge in [-0.05, 0) is 73.3 Å². The van der Waals surface area contributed by atoms with Gasteiger partial charge in [-0.2, -0.15) is 0 Å². The number of primary amides is 1. The largest absolute Gasteiger partial charge is 0.480 e. The Labute approximate surface area is 191 Å². The molecule has 1 fully saturated rings. The molecule has 2 aliphatic carbocycles. The van der Waals surface area contributed by atoms with Crippen molar-refractivity contribution in [3.63, 3.8) is 0 Å². The Morgan fingerprint density at radius 2 is 1.94 bits per heavy atom. The first kappa shape index (κ1) is 21.5. The first-order valence-corrected chi connectivity index (χ1v) is 11.5. The van der Waals surface area contributed by atoms with Gasteiger partial charge in [-0.1, -0.05) is 30.3 Å². The number of carbonyl (C=O) groups is 2. The number of carbonyl (C=O) groups excluding carboxylic acids is 1. The van der Waals surface area contributed by atoms with E-state index in [0.29, 0.717) is 37.6 Å². The third kappa shape index (κ3) is 4.32. The molecule has 33 heavy (non-hydrogen) atoms. The number of aromatic nitrogens is 1. The van der Waals surface area contributed by atoms with Crippen LogP contribution in [-0.4, -0.2) is 39.2 Å². The van der Waals surface area contributed by atoms with Crippen molar-refractivity contribution in [2.75, 3.05) is 6.54 Å². The summed E-state index contributed by atoms with van der Waals surface area (Å²) in [7, 11) is 0. The van der Waals surface area contributed by atoms with Crippen LogP contribution in [0.1, 0.15) is 29.7 Å². The minimum Gasteiger partial charge on any atom is -0.480 e. The Bertz CT molecular complexity index is 1210. The van der Waals surface area contributed by atoms with Gasteiger partial charge in [0.05, 0.1) is 0 Å². The molecule has 172 valence electrons. The van der Waals surface area contributed by atoms with Gasteiger partial charge in [0.25, 0.3) is 0 Å². The lowest BCUT2D eigenvalue weighted by atomic mass is 9.90. The van der Waals surface area contributed by atoms with Crippen LogP contribution in [0.15, 0.2) is 48.5 Å². The topological polar surface area (TPSA) is 88.6 Å². The second-order valence-electron chi connectivity index (χ2n) is 9.40. The minimum atomic E-state index is -0.932. The third-order valence-corrected chi connectivity index (χ3v) is 7.26. The Hall–Kier alpha value is -3.35. The summed E-state index contributed by atoms with van der Waals surface area (Å²) in [6, 6.07) is 14.4. The highest BCUT2D eigenvalue weighted by atomic mass is 19.1. The maximum absolute atomic E-state index is 14.1. The van der Waals surface area contributed by atoms with E-state index in [9.17, 15) is 19.1 Å². The number of urea groups is 1. The van der Waals surface area contributed by atoms with Crippen molar-refractivity contribution >= 4 is 22.9 Å². The van der Waals surface area contributed by atoms with Crippen molar-refractivity contribution < 1.29 is 19.1 Å². The molecule has 1 aromatic heterocycles. The molecule has 0 unspecified atom stereocenters. The number of nitrogens with two attached hydrogens (primary N) is 1. The van der Waals surface area contributed by atoms with E-state index in [1.807, 2.05) is 18.2 Å². The number of carboxylic acid groups (broad SMARTS) is 1. The zero-order valence-corrected chi connectivity index (χ0v) is 18.4. The van der Waals surface area contributed by atoms with Crippen molar-refractivity contribution in [2.45, 2.75) is 44.7 Å². The van der Waals surface area contributed by atoms with Crippen molar-refractivity contribution in [1.29, 1.82) is 0 Å².